The third kappa shape index (κ3) is 4.60. The lowest BCUT2D eigenvalue weighted by Gasteiger charge is -2.32. The van der Waals surface area contributed by atoms with Crippen molar-refractivity contribution >= 4 is 23.3 Å². The molecule has 1 aromatic rings. The number of carbonyl (C=O) groups is 1. The summed E-state index contributed by atoms with van der Waals surface area (Å²) in [6.45, 7) is 5.67. The maximum atomic E-state index is 13.9. The lowest BCUT2D eigenvalue weighted by molar-refractivity contribution is 0.0513. The van der Waals surface area contributed by atoms with E-state index in [9.17, 15) is 13.6 Å². The first-order valence-corrected chi connectivity index (χ1v) is 7.79. The number of halogens is 2. The average Bonchev–Trinajstić information content (AvgIpc) is 2.42. The summed E-state index contributed by atoms with van der Waals surface area (Å²) in [5.41, 5.74) is -0.349. The number of amides is 1. The molecule has 2 atom stereocenters. The van der Waals surface area contributed by atoms with Crippen LogP contribution >= 0.6 is 12.2 Å². The van der Waals surface area contributed by atoms with E-state index in [0.717, 1.165) is 6.07 Å². The van der Waals surface area contributed by atoms with E-state index in [-0.39, 0.29) is 11.5 Å². The smallest absolute Gasteiger partial charge is 0.408 e. The summed E-state index contributed by atoms with van der Waals surface area (Å²) in [6.07, 6.45) is -0.210. The number of carbonyl (C=O) groups excluding carboxylic acids is 1. The van der Waals surface area contributed by atoms with E-state index in [1.54, 1.807) is 26.8 Å². The van der Waals surface area contributed by atoms with Crippen LogP contribution in [0.25, 0.3) is 0 Å². The molecular weight excluding hydrogens is 322 g/mol. The van der Waals surface area contributed by atoms with Crippen molar-refractivity contribution in [2.24, 2.45) is 0 Å². The maximum absolute atomic E-state index is 13.9. The van der Waals surface area contributed by atoms with Crippen molar-refractivity contribution < 1.29 is 18.3 Å². The zero-order valence-electron chi connectivity index (χ0n) is 13.3. The van der Waals surface area contributed by atoms with E-state index in [0.29, 0.717) is 18.0 Å². The minimum absolute atomic E-state index is 0.274. The molecular formula is C16H20F2N2O2S. The van der Waals surface area contributed by atoms with E-state index in [2.05, 4.69) is 10.6 Å². The Balaban J connectivity index is 2.09. The summed E-state index contributed by atoms with van der Waals surface area (Å²) in [5.74, 6) is -2.03. The van der Waals surface area contributed by atoms with Crippen LogP contribution in [-0.2, 0) is 4.74 Å². The van der Waals surface area contributed by atoms with Gasteiger partial charge in [-0.15, -0.1) is 0 Å². The highest BCUT2D eigenvalue weighted by Gasteiger charge is 2.31. The van der Waals surface area contributed by atoms with Crippen LogP contribution in [0.1, 0.15) is 38.7 Å². The molecule has 0 saturated carbocycles. The molecule has 1 aromatic carbocycles. The van der Waals surface area contributed by atoms with Gasteiger partial charge in [0.25, 0.3) is 0 Å². The molecule has 0 unspecified atom stereocenters. The molecule has 1 aliphatic rings. The fraction of sp³-hybridized carbons (Fsp3) is 0.500. The second-order valence-corrected chi connectivity index (χ2v) is 6.96. The van der Waals surface area contributed by atoms with E-state index >= 15 is 0 Å². The zero-order chi connectivity index (χ0) is 17.2. The second kappa shape index (κ2) is 6.78. The Morgan fingerprint density at radius 1 is 1.39 bits per heavy atom. The minimum Gasteiger partial charge on any atom is -0.444 e. The van der Waals surface area contributed by atoms with Crippen LogP contribution in [0.15, 0.2) is 18.2 Å². The summed E-state index contributed by atoms with van der Waals surface area (Å²) in [6, 6.07) is 3.61. The van der Waals surface area contributed by atoms with Crippen LogP contribution in [-0.4, -0.2) is 29.3 Å². The van der Waals surface area contributed by atoms with Crippen molar-refractivity contribution in [2.45, 2.75) is 44.8 Å². The number of hydrogen-bond acceptors (Lipinski definition) is 3. The number of thiocarbonyl (C=S) groups is 1. The Bertz CT molecular complexity index is 617. The Morgan fingerprint density at radius 2 is 2.09 bits per heavy atom. The summed E-state index contributed by atoms with van der Waals surface area (Å²) < 4.78 is 32.5. The molecule has 2 N–H and O–H groups in total. The van der Waals surface area contributed by atoms with Gasteiger partial charge in [0.15, 0.2) is 11.6 Å². The summed E-state index contributed by atoms with van der Waals surface area (Å²) in [4.78, 5) is 12.3. The molecule has 4 nitrogen and oxygen atoms in total. The second-order valence-electron chi connectivity index (χ2n) is 6.52. The molecule has 1 aliphatic heterocycles. The topological polar surface area (TPSA) is 50.4 Å². The van der Waals surface area contributed by atoms with Crippen LogP contribution in [0.4, 0.5) is 13.6 Å². The quantitative estimate of drug-likeness (QED) is 0.810. The molecule has 0 aromatic heterocycles. The van der Waals surface area contributed by atoms with Crippen LogP contribution in [0.5, 0.6) is 0 Å². The SMILES string of the molecule is CC(C)(C)OC(=O)N[C@H]1C[C@@H](c2cccc(F)c2F)CNC1=S. The number of nitrogens with one attached hydrogen (secondary N) is 2. The van der Waals surface area contributed by atoms with Gasteiger partial charge in [-0.05, 0) is 38.8 Å². The summed E-state index contributed by atoms with van der Waals surface area (Å²) in [5, 5.41) is 5.65. The van der Waals surface area contributed by atoms with Crippen LogP contribution < -0.4 is 10.6 Å². The van der Waals surface area contributed by atoms with Gasteiger partial charge >= 0.3 is 6.09 Å². The van der Waals surface area contributed by atoms with E-state index in [1.165, 1.54) is 6.07 Å². The van der Waals surface area contributed by atoms with Gasteiger partial charge in [0.1, 0.15) is 5.60 Å². The molecule has 0 radical (unpaired) electrons. The summed E-state index contributed by atoms with van der Waals surface area (Å²) >= 11 is 5.20. The predicted octanol–water partition coefficient (Wildman–Crippen LogP) is 3.26. The van der Waals surface area contributed by atoms with Gasteiger partial charge < -0.3 is 15.4 Å². The number of hydrogen-bond donors (Lipinski definition) is 2. The third-order valence-electron chi connectivity index (χ3n) is 3.47. The fourth-order valence-corrected chi connectivity index (χ4v) is 2.71. The first-order chi connectivity index (χ1) is 10.7. The lowest BCUT2D eigenvalue weighted by Crippen LogP contribution is -2.52. The fourth-order valence-electron chi connectivity index (χ4n) is 2.47. The molecule has 126 valence electrons. The minimum atomic E-state index is -0.882. The van der Waals surface area contributed by atoms with Crippen LogP contribution in [0.2, 0.25) is 0 Å². The van der Waals surface area contributed by atoms with Crippen LogP contribution in [0, 0.1) is 11.6 Å². The van der Waals surface area contributed by atoms with Crippen molar-refractivity contribution in [3.8, 4) is 0 Å². The molecule has 0 spiro atoms. The van der Waals surface area contributed by atoms with Gasteiger partial charge in [0.2, 0.25) is 0 Å². The maximum Gasteiger partial charge on any atom is 0.408 e. The van der Waals surface area contributed by atoms with Crippen molar-refractivity contribution in [3.63, 3.8) is 0 Å². The van der Waals surface area contributed by atoms with Gasteiger partial charge in [0, 0.05) is 12.5 Å². The Labute approximate surface area is 139 Å². The number of benzene rings is 1. The Kier molecular flexibility index (Phi) is 5.19. The molecule has 1 heterocycles. The van der Waals surface area contributed by atoms with Gasteiger partial charge in [-0.25, -0.2) is 13.6 Å². The number of piperidine rings is 1. The molecule has 0 aliphatic carbocycles. The molecule has 1 saturated heterocycles. The first kappa shape index (κ1) is 17.6. The highest BCUT2D eigenvalue weighted by molar-refractivity contribution is 7.80. The van der Waals surface area contributed by atoms with E-state index < -0.39 is 29.4 Å². The molecule has 7 heteroatoms. The monoisotopic (exact) mass is 342 g/mol. The van der Waals surface area contributed by atoms with E-state index in [4.69, 9.17) is 17.0 Å². The first-order valence-electron chi connectivity index (χ1n) is 7.38. The van der Waals surface area contributed by atoms with Crippen molar-refractivity contribution in [3.05, 3.63) is 35.4 Å². The highest BCUT2D eigenvalue weighted by Crippen LogP contribution is 2.27. The molecule has 2 rings (SSSR count). The molecule has 1 fully saturated rings. The van der Waals surface area contributed by atoms with E-state index in [1.807, 2.05) is 0 Å². The van der Waals surface area contributed by atoms with Gasteiger partial charge in [-0.2, -0.15) is 0 Å². The molecule has 0 bridgehead atoms. The van der Waals surface area contributed by atoms with Crippen molar-refractivity contribution in [1.29, 1.82) is 0 Å². The van der Waals surface area contributed by atoms with Crippen molar-refractivity contribution in [2.75, 3.05) is 6.54 Å². The number of rotatable bonds is 2. The standard InChI is InChI=1S/C16H20F2N2O2S/c1-16(2,3)22-15(21)20-12-7-9(8-19-14(12)23)10-5-4-6-11(17)13(10)18/h4-6,9,12H,7-8H2,1-3H3,(H,19,23)(H,20,21)/t9-,12+/m1/s1. The summed E-state index contributed by atoms with van der Waals surface area (Å²) in [7, 11) is 0. The third-order valence-corrected chi connectivity index (χ3v) is 3.90. The molecule has 23 heavy (non-hydrogen) atoms. The Morgan fingerprint density at radius 3 is 2.74 bits per heavy atom. The highest BCUT2D eigenvalue weighted by atomic mass is 32.1. The van der Waals surface area contributed by atoms with Gasteiger partial charge in [0.05, 0.1) is 11.0 Å². The van der Waals surface area contributed by atoms with Gasteiger partial charge in [-0.3, -0.25) is 0 Å². The van der Waals surface area contributed by atoms with Crippen molar-refractivity contribution in [1.82, 2.24) is 10.6 Å². The van der Waals surface area contributed by atoms with Crippen LogP contribution in [0.3, 0.4) is 0 Å². The average molecular weight is 342 g/mol. The normalized spacial score (nSPS) is 21.5. The molecule has 1 amide bonds. The predicted molar refractivity (Wildman–Crippen MR) is 87.5 cm³/mol. The largest absolute Gasteiger partial charge is 0.444 e. The Hall–Kier alpha value is -1.76. The zero-order valence-corrected chi connectivity index (χ0v) is 14.1. The lowest BCUT2D eigenvalue weighted by atomic mass is 9.88. The number of alkyl carbamates (subject to hydrolysis) is 1. The van der Waals surface area contributed by atoms with Gasteiger partial charge in [-0.1, -0.05) is 24.4 Å². The number of ether oxygens (including phenoxy) is 1.